The van der Waals surface area contributed by atoms with Crippen LogP contribution in [0.25, 0.3) is 0 Å². The van der Waals surface area contributed by atoms with E-state index in [1.807, 2.05) is 37.3 Å². The van der Waals surface area contributed by atoms with Crippen molar-refractivity contribution >= 4 is 23.5 Å². The molecule has 27 heavy (non-hydrogen) atoms. The number of amides is 2. The summed E-state index contributed by atoms with van der Waals surface area (Å²) < 4.78 is 0. The molecule has 1 aliphatic rings. The molecular formula is C20H31N5O2. The predicted octanol–water partition coefficient (Wildman–Crippen LogP) is 1.83. The fraction of sp³-hybridized carbons (Fsp3) is 0.550. The summed E-state index contributed by atoms with van der Waals surface area (Å²) >= 11 is 0. The van der Waals surface area contributed by atoms with E-state index < -0.39 is 0 Å². The van der Waals surface area contributed by atoms with Crippen LogP contribution < -0.4 is 16.0 Å². The highest BCUT2D eigenvalue weighted by Crippen LogP contribution is 2.38. The molecule has 0 spiro atoms. The molecule has 148 valence electrons. The number of aliphatic imine (C=N–C) groups is 1. The molecule has 2 rings (SSSR count). The maximum absolute atomic E-state index is 12.7. The number of hydrogen-bond acceptors (Lipinski definition) is 3. The Kier molecular flexibility index (Phi) is 7.64. The summed E-state index contributed by atoms with van der Waals surface area (Å²) in [6, 6.07) is 9.30. The Balaban J connectivity index is 1.96. The zero-order valence-corrected chi connectivity index (χ0v) is 16.5. The lowest BCUT2D eigenvalue weighted by atomic mass is 9.84. The van der Waals surface area contributed by atoms with Gasteiger partial charge < -0.3 is 20.9 Å². The maximum Gasteiger partial charge on any atom is 0.246 e. The molecule has 7 nitrogen and oxygen atoms in total. The number of guanidine groups is 1. The number of benzene rings is 1. The quantitative estimate of drug-likeness (QED) is 0.503. The molecule has 0 saturated heterocycles. The van der Waals surface area contributed by atoms with Gasteiger partial charge in [0, 0.05) is 32.9 Å². The van der Waals surface area contributed by atoms with Gasteiger partial charge in [-0.05, 0) is 31.9 Å². The van der Waals surface area contributed by atoms with Gasteiger partial charge in [-0.15, -0.1) is 0 Å². The van der Waals surface area contributed by atoms with E-state index in [2.05, 4.69) is 20.9 Å². The van der Waals surface area contributed by atoms with Gasteiger partial charge in [0.25, 0.3) is 0 Å². The van der Waals surface area contributed by atoms with Gasteiger partial charge in [0.05, 0.1) is 5.41 Å². The summed E-state index contributed by atoms with van der Waals surface area (Å²) in [5.41, 5.74) is 0.364. The Hall–Kier alpha value is -2.57. The number of carbonyl (C=O) groups excluding carboxylic acids is 2. The Labute approximate surface area is 161 Å². The summed E-state index contributed by atoms with van der Waals surface area (Å²) in [5.74, 6) is 0.530. The van der Waals surface area contributed by atoms with E-state index in [0.717, 1.165) is 31.4 Å². The van der Waals surface area contributed by atoms with Gasteiger partial charge in [-0.25, -0.2) is 4.99 Å². The van der Waals surface area contributed by atoms with Crippen LogP contribution in [-0.2, 0) is 9.59 Å². The number of hydrogen-bond donors (Lipinski definition) is 3. The van der Waals surface area contributed by atoms with Crippen molar-refractivity contribution in [2.24, 2.45) is 10.4 Å². The van der Waals surface area contributed by atoms with Crippen molar-refractivity contribution in [1.29, 1.82) is 0 Å². The third-order valence-electron chi connectivity index (χ3n) is 4.80. The zero-order valence-electron chi connectivity index (χ0n) is 16.5. The van der Waals surface area contributed by atoms with Crippen LogP contribution in [0.1, 0.15) is 32.6 Å². The van der Waals surface area contributed by atoms with Crippen LogP contribution in [0.2, 0.25) is 0 Å². The first-order valence-electron chi connectivity index (χ1n) is 9.56. The molecule has 0 unspecified atom stereocenters. The molecule has 0 radical (unpaired) electrons. The topological polar surface area (TPSA) is 85.8 Å². The highest BCUT2D eigenvalue weighted by molar-refractivity contribution is 5.94. The van der Waals surface area contributed by atoms with Gasteiger partial charge in [0.1, 0.15) is 6.54 Å². The molecule has 7 heteroatoms. The van der Waals surface area contributed by atoms with E-state index in [-0.39, 0.29) is 23.8 Å². The standard InChI is InChI=1S/C20H31N5O2/c1-4-21-19(22-14-17(26)24-16-10-6-5-7-11-16)23-15-20(12-8-9-13-20)18(27)25(2)3/h5-7,10-11H,4,8-9,12-15H2,1-3H3,(H,24,26)(H2,21,22,23). The van der Waals surface area contributed by atoms with E-state index in [4.69, 9.17) is 0 Å². The van der Waals surface area contributed by atoms with Gasteiger partial charge in [0.15, 0.2) is 5.96 Å². The lowest BCUT2D eigenvalue weighted by Crippen LogP contribution is -2.49. The molecule has 1 saturated carbocycles. The third kappa shape index (κ3) is 5.98. The molecule has 3 N–H and O–H groups in total. The molecule has 1 fully saturated rings. The lowest BCUT2D eigenvalue weighted by molar-refractivity contribution is -0.138. The van der Waals surface area contributed by atoms with Crippen LogP contribution >= 0.6 is 0 Å². The van der Waals surface area contributed by atoms with Crippen molar-refractivity contribution in [1.82, 2.24) is 15.5 Å². The maximum atomic E-state index is 12.7. The summed E-state index contributed by atoms with van der Waals surface area (Å²) in [6.07, 6.45) is 3.89. The van der Waals surface area contributed by atoms with Crippen LogP contribution in [0.5, 0.6) is 0 Å². The first-order chi connectivity index (χ1) is 13.0. The number of anilines is 1. The fourth-order valence-electron chi connectivity index (χ4n) is 3.46. The van der Waals surface area contributed by atoms with Crippen molar-refractivity contribution in [2.45, 2.75) is 32.6 Å². The molecule has 0 aliphatic heterocycles. The number of nitrogens with one attached hydrogen (secondary N) is 3. The largest absolute Gasteiger partial charge is 0.357 e. The van der Waals surface area contributed by atoms with E-state index in [1.54, 1.807) is 19.0 Å². The van der Waals surface area contributed by atoms with E-state index in [0.29, 0.717) is 19.0 Å². The van der Waals surface area contributed by atoms with Crippen LogP contribution in [0.15, 0.2) is 35.3 Å². The number of carbonyl (C=O) groups is 2. The summed E-state index contributed by atoms with van der Waals surface area (Å²) in [6.45, 7) is 3.19. The molecule has 1 aromatic rings. The van der Waals surface area contributed by atoms with E-state index in [9.17, 15) is 9.59 Å². The first kappa shape index (κ1) is 20.7. The van der Waals surface area contributed by atoms with Crippen LogP contribution in [0.4, 0.5) is 5.69 Å². The summed E-state index contributed by atoms with van der Waals surface area (Å²) in [4.78, 5) is 30.8. The Bertz CT molecular complexity index is 652. The molecular weight excluding hydrogens is 342 g/mol. The highest BCUT2D eigenvalue weighted by Gasteiger charge is 2.42. The minimum atomic E-state index is -0.383. The average Bonchev–Trinajstić information content (AvgIpc) is 3.14. The highest BCUT2D eigenvalue weighted by atomic mass is 16.2. The minimum absolute atomic E-state index is 0.0128. The Morgan fingerprint density at radius 2 is 1.78 bits per heavy atom. The van der Waals surface area contributed by atoms with Crippen molar-refractivity contribution in [3.05, 3.63) is 30.3 Å². The molecule has 1 aliphatic carbocycles. The van der Waals surface area contributed by atoms with Gasteiger partial charge in [-0.1, -0.05) is 31.0 Å². The number of para-hydroxylation sites is 1. The smallest absolute Gasteiger partial charge is 0.246 e. The summed E-state index contributed by atoms with van der Waals surface area (Å²) in [7, 11) is 3.60. The fourth-order valence-corrected chi connectivity index (χ4v) is 3.46. The molecule has 1 aromatic carbocycles. The van der Waals surface area contributed by atoms with Gasteiger partial charge in [-0.3, -0.25) is 9.59 Å². The zero-order chi connectivity index (χ0) is 19.7. The molecule has 0 atom stereocenters. The summed E-state index contributed by atoms with van der Waals surface area (Å²) in [5, 5.41) is 9.23. The molecule has 0 aromatic heterocycles. The lowest BCUT2D eigenvalue weighted by Gasteiger charge is -2.31. The van der Waals surface area contributed by atoms with Gasteiger partial charge >= 0.3 is 0 Å². The monoisotopic (exact) mass is 373 g/mol. The normalized spacial score (nSPS) is 15.9. The molecule has 0 heterocycles. The van der Waals surface area contributed by atoms with Crippen LogP contribution in [0.3, 0.4) is 0 Å². The first-order valence-corrected chi connectivity index (χ1v) is 9.56. The van der Waals surface area contributed by atoms with Gasteiger partial charge in [-0.2, -0.15) is 0 Å². The SMILES string of the molecule is CCNC(=NCC(=O)Nc1ccccc1)NCC1(C(=O)N(C)C)CCCC1. The average molecular weight is 374 g/mol. The number of rotatable bonds is 7. The van der Waals surface area contributed by atoms with Gasteiger partial charge in [0.2, 0.25) is 11.8 Å². The van der Waals surface area contributed by atoms with Crippen molar-refractivity contribution in [2.75, 3.05) is 39.0 Å². The third-order valence-corrected chi connectivity index (χ3v) is 4.80. The molecule has 0 bridgehead atoms. The second-order valence-corrected chi connectivity index (χ2v) is 7.15. The molecule has 2 amide bonds. The van der Waals surface area contributed by atoms with Crippen molar-refractivity contribution in [3.63, 3.8) is 0 Å². The predicted molar refractivity (Wildman–Crippen MR) is 109 cm³/mol. The Morgan fingerprint density at radius 1 is 1.11 bits per heavy atom. The minimum Gasteiger partial charge on any atom is -0.357 e. The van der Waals surface area contributed by atoms with Crippen LogP contribution in [-0.4, -0.2) is 56.4 Å². The van der Waals surface area contributed by atoms with E-state index in [1.165, 1.54) is 0 Å². The van der Waals surface area contributed by atoms with E-state index >= 15 is 0 Å². The second kappa shape index (κ2) is 9.94. The number of nitrogens with zero attached hydrogens (tertiary/aromatic N) is 2. The van der Waals surface area contributed by atoms with Crippen molar-refractivity contribution in [3.8, 4) is 0 Å². The second-order valence-electron chi connectivity index (χ2n) is 7.15. The Morgan fingerprint density at radius 3 is 2.37 bits per heavy atom. The van der Waals surface area contributed by atoms with Crippen LogP contribution in [0, 0.1) is 5.41 Å². The van der Waals surface area contributed by atoms with Crippen molar-refractivity contribution < 1.29 is 9.59 Å².